The number of hydrogen-bond donors (Lipinski definition) is 3. The van der Waals surface area contributed by atoms with Crippen molar-refractivity contribution >= 4 is 5.91 Å². The van der Waals surface area contributed by atoms with Gasteiger partial charge in [0.1, 0.15) is 0 Å². The molecule has 1 aliphatic rings. The van der Waals surface area contributed by atoms with Crippen molar-refractivity contribution in [3.05, 3.63) is 0 Å². The molecule has 1 saturated heterocycles. The predicted octanol–water partition coefficient (Wildman–Crippen LogP) is 0.262. The lowest BCUT2D eigenvalue weighted by molar-refractivity contribution is -0.127. The summed E-state index contributed by atoms with van der Waals surface area (Å²) < 4.78 is 0. The predicted molar refractivity (Wildman–Crippen MR) is 59.5 cm³/mol. The van der Waals surface area contributed by atoms with Crippen LogP contribution in [0.1, 0.15) is 33.1 Å². The Balaban J connectivity index is 2.38. The summed E-state index contributed by atoms with van der Waals surface area (Å²) in [6.07, 6.45) is 2.58. The Morgan fingerprint density at radius 3 is 2.93 bits per heavy atom. The molecule has 15 heavy (non-hydrogen) atoms. The van der Waals surface area contributed by atoms with Crippen LogP contribution in [0.3, 0.4) is 0 Å². The van der Waals surface area contributed by atoms with Crippen LogP contribution >= 0.6 is 0 Å². The van der Waals surface area contributed by atoms with Crippen LogP contribution in [0.25, 0.3) is 0 Å². The quantitative estimate of drug-likeness (QED) is 0.629. The molecule has 3 unspecified atom stereocenters. The summed E-state index contributed by atoms with van der Waals surface area (Å²) in [5.41, 5.74) is 0. The Morgan fingerprint density at radius 2 is 2.40 bits per heavy atom. The van der Waals surface area contributed by atoms with Crippen molar-refractivity contribution < 1.29 is 9.90 Å². The fourth-order valence-corrected chi connectivity index (χ4v) is 1.97. The van der Waals surface area contributed by atoms with Gasteiger partial charge in [-0.25, -0.2) is 0 Å². The molecule has 1 rings (SSSR count). The van der Waals surface area contributed by atoms with Crippen molar-refractivity contribution in [3.8, 4) is 0 Å². The van der Waals surface area contributed by atoms with E-state index in [2.05, 4.69) is 17.6 Å². The number of amides is 1. The number of rotatable bonds is 4. The molecule has 3 N–H and O–H groups in total. The van der Waals surface area contributed by atoms with Crippen molar-refractivity contribution in [2.45, 2.75) is 45.2 Å². The molecule has 4 nitrogen and oxygen atoms in total. The van der Waals surface area contributed by atoms with E-state index in [1.807, 2.05) is 6.92 Å². The van der Waals surface area contributed by atoms with Gasteiger partial charge in [0, 0.05) is 12.0 Å². The molecule has 1 aliphatic heterocycles. The lowest BCUT2D eigenvalue weighted by atomic mass is 9.92. The largest absolute Gasteiger partial charge is 0.394 e. The second-order valence-corrected chi connectivity index (χ2v) is 4.37. The number of aliphatic hydroxyl groups excluding tert-OH is 1. The van der Waals surface area contributed by atoms with Crippen molar-refractivity contribution in [2.75, 3.05) is 13.2 Å². The average molecular weight is 214 g/mol. The van der Waals surface area contributed by atoms with Crippen LogP contribution in [-0.2, 0) is 4.79 Å². The van der Waals surface area contributed by atoms with Gasteiger partial charge in [-0.15, -0.1) is 0 Å². The summed E-state index contributed by atoms with van der Waals surface area (Å²) in [6.45, 7) is 5.01. The normalized spacial score (nSPS) is 28.5. The van der Waals surface area contributed by atoms with Gasteiger partial charge < -0.3 is 15.7 Å². The maximum atomic E-state index is 11.8. The van der Waals surface area contributed by atoms with Crippen LogP contribution in [0, 0.1) is 5.92 Å². The van der Waals surface area contributed by atoms with Crippen molar-refractivity contribution in [2.24, 2.45) is 5.92 Å². The first-order chi connectivity index (χ1) is 7.17. The SMILES string of the molecule is CCC(CO)NC(=O)C1CCNC(C)C1. The van der Waals surface area contributed by atoms with Gasteiger partial charge in [-0.2, -0.15) is 0 Å². The highest BCUT2D eigenvalue weighted by Crippen LogP contribution is 2.16. The molecule has 0 aromatic heterocycles. The second-order valence-electron chi connectivity index (χ2n) is 4.37. The van der Waals surface area contributed by atoms with Gasteiger partial charge in [0.15, 0.2) is 0 Å². The van der Waals surface area contributed by atoms with E-state index in [-0.39, 0.29) is 24.5 Å². The molecular weight excluding hydrogens is 192 g/mol. The van der Waals surface area contributed by atoms with Crippen LogP contribution in [0.15, 0.2) is 0 Å². The van der Waals surface area contributed by atoms with Gasteiger partial charge in [-0.05, 0) is 32.7 Å². The monoisotopic (exact) mass is 214 g/mol. The molecule has 0 bridgehead atoms. The highest BCUT2D eigenvalue weighted by atomic mass is 16.3. The summed E-state index contributed by atoms with van der Waals surface area (Å²) in [5, 5.41) is 15.2. The minimum absolute atomic E-state index is 0.0305. The van der Waals surface area contributed by atoms with Gasteiger partial charge in [-0.3, -0.25) is 4.79 Å². The average Bonchev–Trinajstić information content (AvgIpc) is 2.25. The molecule has 1 heterocycles. The Kier molecular flexibility index (Phi) is 5.05. The van der Waals surface area contributed by atoms with Gasteiger partial charge in [0.25, 0.3) is 0 Å². The van der Waals surface area contributed by atoms with Crippen LogP contribution in [0.2, 0.25) is 0 Å². The number of hydrogen-bond acceptors (Lipinski definition) is 3. The second kappa shape index (κ2) is 6.08. The lowest BCUT2D eigenvalue weighted by Crippen LogP contribution is -2.46. The minimum Gasteiger partial charge on any atom is -0.394 e. The highest BCUT2D eigenvalue weighted by molar-refractivity contribution is 5.79. The van der Waals surface area contributed by atoms with Crippen LogP contribution in [0.5, 0.6) is 0 Å². The summed E-state index contributed by atoms with van der Waals surface area (Å²) in [4.78, 5) is 11.8. The third-order valence-electron chi connectivity index (χ3n) is 3.05. The Morgan fingerprint density at radius 1 is 1.67 bits per heavy atom. The summed E-state index contributed by atoms with van der Waals surface area (Å²) in [5.74, 6) is 0.214. The van der Waals surface area contributed by atoms with E-state index in [1.54, 1.807) is 0 Å². The molecule has 0 aromatic rings. The van der Waals surface area contributed by atoms with Crippen molar-refractivity contribution in [1.29, 1.82) is 0 Å². The fraction of sp³-hybridized carbons (Fsp3) is 0.909. The van der Waals surface area contributed by atoms with Gasteiger partial charge in [0.05, 0.1) is 12.6 Å². The molecule has 0 aliphatic carbocycles. The van der Waals surface area contributed by atoms with Crippen LogP contribution in [0.4, 0.5) is 0 Å². The maximum Gasteiger partial charge on any atom is 0.223 e. The first-order valence-electron chi connectivity index (χ1n) is 5.82. The number of carbonyl (C=O) groups excluding carboxylic acids is 1. The van der Waals surface area contributed by atoms with E-state index in [0.29, 0.717) is 6.04 Å². The van der Waals surface area contributed by atoms with E-state index >= 15 is 0 Å². The van der Waals surface area contributed by atoms with Gasteiger partial charge >= 0.3 is 0 Å². The van der Waals surface area contributed by atoms with Crippen LogP contribution < -0.4 is 10.6 Å². The topological polar surface area (TPSA) is 61.4 Å². The zero-order chi connectivity index (χ0) is 11.3. The molecular formula is C11H22N2O2. The first kappa shape index (κ1) is 12.5. The number of aliphatic hydroxyl groups is 1. The zero-order valence-corrected chi connectivity index (χ0v) is 9.62. The molecule has 4 heteroatoms. The summed E-state index contributed by atoms with van der Waals surface area (Å²) in [6, 6.07) is 0.339. The molecule has 1 fully saturated rings. The van der Waals surface area contributed by atoms with E-state index in [9.17, 15) is 4.79 Å². The number of carbonyl (C=O) groups is 1. The Labute approximate surface area is 91.4 Å². The Hall–Kier alpha value is -0.610. The standard InChI is InChI=1S/C11H22N2O2/c1-3-10(7-14)13-11(15)9-4-5-12-8(2)6-9/h8-10,12,14H,3-7H2,1-2H3,(H,13,15). The Bertz CT molecular complexity index is 205. The van der Waals surface area contributed by atoms with E-state index < -0.39 is 0 Å². The highest BCUT2D eigenvalue weighted by Gasteiger charge is 2.25. The van der Waals surface area contributed by atoms with Crippen molar-refractivity contribution in [1.82, 2.24) is 10.6 Å². The van der Waals surface area contributed by atoms with Gasteiger partial charge in [0.2, 0.25) is 5.91 Å². The summed E-state index contributed by atoms with van der Waals surface area (Å²) >= 11 is 0. The third kappa shape index (κ3) is 3.80. The van der Waals surface area contributed by atoms with Crippen molar-refractivity contribution in [3.63, 3.8) is 0 Å². The van der Waals surface area contributed by atoms with Gasteiger partial charge in [-0.1, -0.05) is 6.92 Å². The smallest absolute Gasteiger partial charge is 0.223 e. The number of nitrogens with one attached hydrogen (secondary N) is 2. The molecule has 0 aromatic carbocycles. The van der Waals surface area contributed by atoms with Crippen LogP contribution in [-0.4, -0.2) is 36.2 Å². The minimum atomic E-state index is -0.0808. The van der Waals surface area contributed by atoms with E-state index in [4.69, 9.17) is 5.11 Å². The molecule has 0 spiro atoms. The van der Waals surface area contributed by atoms with E-state index in [0.717, 1.165) is 25.8 Å². The number of piperidine rings is 1. The molecule has 0 saturated carbocycles. The summed E-state index contributed by atoms with van der Waals surface area (Å²) in [7, 11) is 0. The first-order valence-corrected chi connectivity index (χ1v) is 5.82. The maximum absolute atomic E-state index is 11.8. The molecule has 3 atom stereocenters. The van der Waals surface area contributed by atoms with E-state index in [1.165, 1.54) is 0 Å². The third-order valence-corrected chi connectivity index (χ3v) is 3.05. The molecule has 0 radical (unpaired) electrons. The fourth-order valence-electron chi connectivity index (χ4n) is 1.97. The molecule has 88 valence electrons. The molecule has 1 amide bonds. The zero-order valence-electron chi connectivity index (χ0n) is 9.62. The lowest BCUT2D eigenvalue weighted by Gasteiger charge is -2.28.